The molecule has 3 rings (SSSR count). The van der Waals surface area contributed by atoms with Crippen LogP contribution in [0.25, 0.3) is 0 Å². The summed E-state index contributed by atoms with van der Waals surface area (Å²) in [6.45, 7) is 2.17. The summed E-state index contributed by atoms with van der Waals surface area (Å²) in [7, 11) is 0. The molecule has 1 saturated heterocycles. The summed E-state index contributed by atoms with van der Waals surface area (Å²) in [6.07, 6.45) is 2.20. The molecular weight excluding hydrogens is 347 g/mol. The highest BCUT2D eigenvalue weighted by Crippen LogP contribution is 2.25. The number of hydrogen-bond donors (Lipinski definition) is 1. The maximum atomic E-state index is 12.2. The van der Waals surface area contributed by atoms with Gasteiger partial charge in [-0.15, -0.1) is 0 Å². The molecule has 6 heteroatoms. The zero-order valence-electron chi connectivity index (χ0n) is 13.1. The van der Waals surface area contributed by atoms with Crippen molar-refractivity contribution in [3.05, 3.63) is 63.4 Å². The minimum absolute atomic E-state index is 0.0958. The van der Waals surface area contributed by atoms with Crippen LogP contribution in [-0.2, 0) is 22.4 Å². The second-order valence-corrected chi connectivity index (χ2v) is 6.64. The van der Waals surface area contributed by atoms with Crippen LogP contribution in [0.5, 0.6) is 0 Å². The van der Waals surface area contributed by atoms with Crippen LogP contribution in [-0.4, -0.2) is 30.5 Å². The van der Waals surface area contributed by atoms with E-state index in [1.165, 1.54) is 0 Å². The van der Waals surface area contributed by atoms with Crippen LogP contribution in [0.4, 0.5) is 0 Å². The summed E-state index contributed by atoms with van der Waals surface area (Å²) in [6, 6.07) is 9.14. The Kier molecular flexibility index (Phi) is 5.85. The monoisotopic (exact) mass is 364 g/mol. The number of Topliss-reactive ketones (excluding diaryl/α,β-unsaturated/α-hetero) is 1. The number of halogens is 2. The van der Waals surface area contributed by atoms with Crippen LogP contribution in [0.1, 0.15) is 22.9 Å². The predicted molar refractivity (Wildman–Crippen MR) is 94.7 cm³/mol. The normalized spacial score (nSPS) is 17.7. The lowest BCUT2D eigenvalue weighted by molar-refractivity contribution is -0.117. The summed E-state index contributed by atoms with van der Waals surface area (Å²) in [5.74, 6) is 0.0958. The number of morpholine rings is 1. The quantitative estimate of drug-likeness (QED) is 0.883. The van der Waals surface area contributed by atoms with Crippen LogP contribution >= 0.6 is 23.2 Å². The van der Waals surface area contributed by atoms with E-state index < -0.39 is 0 Å². The number of nitrogens with zero attached hydrogens (tertiary/aromatic N) is 1. The van der Waals surface area contributed by atoms with Gasteiger partial charge in [-0.2, -0.15) is 0 Å². The largest absolute Gasteiger partial charge is 0.369 e. The van der Waals surface area contributed by atoms with Gasteiger partial charge in [-0.05, 0) is 29.3 Å². The highest BCUT2D eigenvalue weighted by molar-refractivity contribution is 6.31. The van der Waals surface area contributed by atoms with Gasteiger partial charge >= 0.3 is 0 Å². The number of aromatic nitrogens is 1. The molecular formula is C18H18Cl2N2O2. The smallest absolute Gasteiger partial charge is 0.141 e. The Bertz CT molecular complexity index is 731. The number of ketones is 1. The highest BCUT2D eigenvalue weighted by Gasteiger charge is 2.20. The Balaban J connectivity index is 1.64. The van der Waals surface area contributed by atoms with E-state index >= 15 is 0 Å². The molecule has 2 heterocycles. The van der Waals surface area contributed by atoms with Crippen molar-refractivity contribution < 1.29 is 9.53 Å². The third kappa shape index (κ3) is 4.54. The number of nitrogens with one attached hydrogen (secondary N) is 1. The molecule has 1 aliphatic heterocycles. The summed E-state index contributed by atoms with van der Waals surface area (Å²) in [4.78, 5) is 16.6. The third-order valence-electron chi connectivity index (χ3n) is 3.85. The number of pyridine rings is 1. The average molecular weight is 365 g/mol. The lowest BCUT2D eigenvalue weighted by Crippen LogP contribution is -2.33. The molecule has 0 saturated carbocycles. The fraction of sp³-hybridized carbons (Fsp3) is 0.333. The van der Waals surface area contributed by atoms with Crippen molar-refractivity contribution in [1.82, 2.24) is 10.3 Å². The van der Waals surface area contributed by atoms with Gasteiger partial charge in [-0.1, -0.05) is 35.3 Å². The van der Waals surface area contributed by atoms with Gasteiger partial charge in [0.15, 0.2) is 0 Å². The molecule has 1 aliphatic rings. The van der Waals surface area contributed by atoms with Gasteiger partial charge in [0.05, 0.1) is 17.3 Å². The van der Waals surface area contributed by atoms with Crippen LogP contribution < -0.4 is 5.32 Å². The maximum absolute atomic E-state index is 12.2. The minimum atomic E-state index is -0.137. The predicted octanol–water partition coefficient (Wildman–Crippen LogP) is 3.40. The molecule has 0 spiro atoms. The average Bonchev–Trinajstić information content (AvgIpc) is 2.55. The second-order valence-electron chi connectivity index (χ2n) is 5.80. The molecule has 24 heavy (non-hydrogen) atoms. The molecule has 1 aromatic carbocycles. The third-order valence-corrected chi connectivity index (χ3v) is 4.39. The molecule has 1 unspecified atom stereocenters. The van der Waals surface area contributed by atoms with E-state index in [0.29, 0.717) is 36.0 Å². The summed E-state index contributed by atoms with van der Waals surface area (Å²) in [5.41, 5.74) is 2.43. The summed E-state index contributed by atoms with van der Waals surface area (Å²) in [5, 5.41) is 4.42. The van der Waals surface area contributed by atoms with Gasteiger partial charge in [0.2, 0.25) is 0 Å². The Morgan fingerprint density at radius 1 is 1.25 bits per heavy atom. The van der Waals surface area contributed by atoms with Gasteiger partial charge in [0.25, 0.3) is 0 Å². The first-order valence-electron chi connectivity index (χ1n) is 7.84. The second kappa shape index (κ2) is 8.08. The lowest BCUT2D eigenvalue weighted by Gasteiger charge is -2.23. The van der Waals surface area contributed by atoms with Crippen molar-refractivity contribution in [2.24, 2.45) is 0 Å². The van der Waals surface area contributed by atoms with Crippen molar-refractivity contribution in [2.45, 2.75) is 18.9 Å². The van der Waals surface area contributed by atoms with Gasteiger partial charge in [-0.3, -0.25) is 9.78 Å². The first kappa shape index (κ1) is 17.4. The molecule has 126 valence electrons. The SMILES string of the molecule is O=C(Cc1cccc(Cl)c1)Cc1cnc(C2CNCCO2)c(Cl)c1. The highest BCUT2D eigenvalue weighted by atomic mass is 35.5. The van der Waals surface area contributed by atoms with Crippen LogP contribution in [0.15, 0.2) is 36.5 Å². The van der Waals surface area contributed by atoms with Crippen molar-refractivity contribution in [1.29, 1.82) is 0 Å². The number of carbonyl (C=O) groups is 1. The molecule has 1 aromatic heterocycles. The molecule has 1 N–H and O–H groups in total. The summed E-state index contributed by atoms with van der Waals surface area (Å²) >= 11 is 12.3. The van der Waals surface area contributed by atoms with E-state index in [0.717, 1.165) is 23.4 Å². The Morgan fingerprint density at radius 2 is 2.08 bits per heavy atom. The fourth-order valence-corrected chi connectivity index (χ4v) is 3.25. The molecule has 1 atom stereocenters. The van der Waals surface area contributed by atoms with Crippen molar-refractivity contribution >= 4 is 29.0 Å². The van der Waals surface area contributed by atoms with Crippen molar-refractivity contribution in [2.75, 3.05) is 19.7 Å². The molecule has 2 aromatic rings. The van der Waals surface area contributed by atoms with Gasteiger partial charge < -0.3 is 10.1 Å². The number of ether oxygens (including phenoxy) is 1. The topological polar surface area (TPSA) is 51.2 Å². The number of benzene rings is 1. The molecule has 0 bridgehead atoms. The number of hydrogen-bond acceptors (Lipinski definition) is 4. The molecule has 0 aliphatic carbocycles. The maximum Gasteiger partial charge on any atom is 0.141 e. The molecule has 0 radical (unpaired) electrons. The van der Waals surface area contributed by atoms with Crippen LogP contribution in [0.2, 0.25) is 10.0 Å². The van der Waals surface area contributed by atoms with E-state index in [9.17, 15) is 4.79 Å². The Morgan fingerprint density at radius 3 is 2.79 bits per heavy atom. The standard InChI is InChI=1S/C18H18Cl2N2O2/c19-14-3-1-2-12(6-14)7-15(23)8-13-9-16(20)18(22-10-13)17-11-21-4-5-24-17/h1-3,6,9-10,17,21H,4-5,7-8,11H2. The van der Waals surface area contributed by atoms with Crippen LogP contribution in [0, 0.1) is 0 Å². The summed E-state index contributed by atoms with van der Waals surface area (Å²) < 4.78 is 5.67. The number of rotatable bonds is 5. The first-order chi connectivity index (χ1) is 11.6. The molecule has 4 nitrogen and oxygen atoms in total. The first-order valence-corrected chi connectivity index (χ1v) is 8.60. The molecule has 1 fully saturated rings. The van der Waals surface area contributed by atoms with Gasteiger partial charge in [0, 0.05) is 37.2 Å². The lowest BCUT2D eigenvalue weighted by atomic mass is 10.0. The zero-order chi connectivity index (χ0) is 16.9. The van der Waals surface area contributed by atoms with Gasteiger partial charge in [-0.25, -0.2) is 0 Å². The Labute approximate surface area is 151 Å². The van der Waals surface area contributed by atoms with Crippen molar-refractivity contribution in [3.63, 3.8) is 0 Å². The minimum Gasteiger partial charge on any atom is -0.369 e. The van der Waals surface area contributed by atoms with Crippen LogP contribution in [0.3, 0.4) is 0 Å². The van der Waals surface area contributed by atoms with E-state index in [1.807, 2.05) is 12.1 Å². The van der Waals surface area contributed by atoms with Gasteiger partial charge in [0.1, 0.15) is 11.9 Å². The van der Waals surface area contributed by atoms with E-state index in [2.05, 4.69) is 10.3 Å². The molecule has 0 amide bonds. The van der Waals surface area contributed by atoms with Crippen molar-refractivity contribution in [3.8, 4) is 0 Å². The van der Waals surface area contributed by atoms with E-state index in [1.54, 1.807) is 24.4 Å². The zero-order valence-corrected chi connectivity index (χ0v) is 14.6. The van der Waals surface area contributed by atoms with E-state index in [-0.39, 0.29) is 11.9 Å². The number of carbonyl (C=O) groups excluding carboxylic acids is 1. The van der Waals surface area contributed by atoms with E-state index in [4.69, 9.17) is 27.9 Å². The fourth-order valence-electron chi connectivity index (χ4n) is 2.73. The Hall–Kier alpha value is -1.46.